The molecule has 0 atom stereocenters. The zero-order chi connectivity index (χ0) is 20.5. The highest BCUT2D eigenvalue weighted by atomic mass is 16.4. The first-order valence-corrected chi connectivity index (χ1v) is 9.97. The van der Waals surface area contributed by atoms with Crippen molar-refractivity contribution >= 4 is 17.9 Å². The van der Waals surface area contributed by atoms with Gasteiger partial charge in [0.25, 0.3) is 0 Å². The highest BCUT2D eigenvalue weighted by molar-refractivity contribution is 5.67. The molecule has 0 aromatic carbocycles. The summed E-state index contributed by atoms with van der Waals surface area (Å²) in [4.78, 5) is 33.0. The molecule has 0 heterocycles. The lowest BCUT2D eigenvalue weighted by Gasteiger charge is -2.38. The Kier molecular flexibility index (Phi) is 14.1. The maximum absolute atomic E-state index is 11.0. The average molecular weight is 387 g/mol. The van der Waals surface area contributed by atoms with E-state index < -0.39 is 17.9 Å². The van der Waals surface area contributed by atoms with Gasteiger partial charge in [0.2, 0.25) is 0 Å². The van der Waals surface area contributed by atoms with Crippen LogP contribution in [0.15, 0.2) is 12.2 Å². The van der Waals surface area contributed by atoms with Gasteiger partial charge in [-0.3, -0.25) is 14.4 Å². The molecule has 0 spiro atoms. The predicted molar refractivity (Wildman–Crippen MR) is 104 cm³/mol. The number of allylic oxidation sites excluding steroid dienone is 2. The third-order valence-corrected chi connectivity index (χ3v) is 4.79. The topological polar surface area (TPSA) is 112 Å². The Morgan fingerprint density at radius 2 is 1.11 bits per heavy atom. The molecule has 0 rings (SSSR count). The van der Waals surface area contributed by atoms with Gasteiger partial charge in [-0.1, -0.05) is 38.3 Å². The van der Waals surface area contributed by atoms with E-state index >= 15 is 0 Å². The van der Waals surface area contributed by atoms with Crippen molar-refractivity contribution in [2.45, 2.75) is 71.1 Å². The lowest BCUT2D eigenvalue weighted by Crippen LogP contribution is -2.52. The van der Waals surface area contributed by atoms with Gasteiger partial charge < -0.3 is 19.8 Å². The number of nitrogens with zero attached hydrogens (tertiary/aromatic N) is 1. The molecule has 0 unspecified atom stereocenters. The SMILES string of the molecule is CCCCCC/C=C/CCC[N+](CCC(=O)O)(CCC(=O)O)CCC(=O)O. The van der Waals surface area contributed by atoms with Crippen molar-refractivity contribution in [3.8, 4) is 0 Å². The van der Waals surface area contributed by atoms with E-state index in [1.165, 1.54) is 25.7 Å². The average Bonchev–Trinajstić information content (AvgIpc) is 2.61. The number of unbranched alkanes of at least 4 members (excludes halogenated alkanes) is 5. The summed E-state index contributed by atoms with van der Waals surface area (Å²) in [6.45, 7) is 3.55. The van der Waals surface area contributed by atoms with E-state index in [2.05, 4.69) is 19.1 Å². The summed E-state index contributed by atoms with van der Waals surface area (Å²) in [6.07, 6.45) is 11.6. The molecular formula is C20H36NO6+. The third-order valence-electron chi connectivity index (χ3n) is 4.79. The minimum Gasteiger partial charge on any atom is -0.481 e. The van der Waals surface area contributed by atoms with E-state index in [0.717, 1.165) is 19.3 Å². The number of carboxylic acid groups (broad SMARTS) is 3. The monoisotopic (exact) mass is 386 g/mol. The Hall–Kier alpha value is -1.89. The molecule has 7 heteroatoms. The van der Waals surface area contributed by atoms with Gasteiger partial charge in [-0.05, 0) is 19.3 Å². The molecule has 0 radical (unpaired) electrons. The Balaban J connectivity index is 4.66. The summed E-state index contributed by atoms with van der Waals surface area (Å²) in [5.41, 5.74) is 0. The van der Waals surface area contributed by atoms with Crippen LogP contribution in [0.2, 0.25) is 0 Å². The fraction of sp³-hybridized carbons (Fsp3) is 0.750. The zero-order valence-electron chi connectivity index (χ0n) is 16.6. The van der Waals surface area contributed by atoms with Gasteiger partial charge in [0.05, 0.1) is 45.4 Å². The van der Waals surface area contributed by atoms with Crippen molar-refractivity contribution in [3.63, 3.8) is 0 Å². The van der Waals surface area contributed by atoms with Crippen LogP contribution in [-0.2, 0) is 14.4 Å². The van der Waals surface area contributed by atoms with Gasteiger partial charge in [-0.25, -0.2) is 0 Å². The van der Waals surface area contributed by atoms with Crippen molar-refractivity contribution in [3.05, 3.63) is 12.2 Å². The van der Waals surface area contributed by atoms with Crippen LogP contribution < -0.4 is 0 Å². The maximum Gasteiger partial charge on any atom is 0.309 e. The van der Waals surface area contributed by atoms with Gasteiger partial charge >= 0.3 is 17.9 Å². The highest BCUT2D eigenvalue weighted by Gasteiger charge is 2.29. The normalized spacial score (nSPS) is 11.7. The smallest absolute Gasteiger partial charge is 0.309 e. The van der Waals surface area contributed by atoms with Crippen molar-refractivity contribution < 1.29 is 34.2 Å². The molecule has 3 N–H and O–H groups in total. The second-order valence-corrected chi connectivity index (χ2v) is 7.13. The van der Waals surface area contributed by atoms with Crippen molar-refractivity contribution in [1.82, 2.24) is 0 Å². The molecule has 0 aliphatic heterocycles. The summed E-state index contributed by atoms with van der Waals surface area (Å²) in [6, 6.07) is 0. The van der Waals surface area contributed by atoms with E-state index in [1.54, 1.807) is 0 Å². The Bertz CT molecular complexity index is 430. The summed E-state index contributed by atoms with van der Waals surface area (Å²) >= 11 is 0. The summed E-state index contributed by atoms with van der Waals surface area (Å²) in [5.74, 6) is -2.85. The molecule has 0 amide bonds. The van der Waals surface area contributed by atoms with E-state index in [0.29, 0.717) is 6.54 Å². The van der Waals surface area contributed by atoms with Crippen molar-refractivity contribution in [2.24, 2.45) is 0 Å². The number of hydrogen-bond donors (Lipinski definition) is 3. The van der Waals surface area contributed by atoms with Crippen LogP contribution in [-0.4, -0.2) is 63.9 Å². The predicted octanol–water partition coefficient (Wildman–Crippen LogP) is 3.53. The van der Waals surface area contributed by atoms with Gasteiger partial charge in [-0.2, -0.15) is 0 Å². The molecule has 0 bridgehead atoms. The fourth-order valence-corrected chi connectivity index (χ4v) is 3.14. The second kappa shape index (κ2) is 15.2. The molecule has 0 saturated carbocycles. The van der Waals surface area contributed by atoms with Gasteiger partial charge in [0.15, 0.2) is 0 Å². The van der Waals surface area contributed by atoms with Crippen molar-refractivity contribution in [1.29, 1.82) is 0 Å². The van der Waals surface area contributed by atoms with E-state index in [9.17, 15) is 14.4 Å². The number of aliphatic carboxylic acids is 3. The largest absolute Gasteiger partial charge is 0.481 e. The van der Waals surface area contributed by atoms with Gasteiger partial charge in [0.1, 0.15) is 0 Å². The molecular weight excluding hydrogens is 350 g/mol. The summed E-state index contributed by atoms with van der Waals surface area (Å²) in [5, 5.41) is 27.0. The zero-order valence-corrected chi connectivity index (χ0v) is 16.6. The minimum absolute atomic E-state index is 0.0908. The molecule has 156 valence electrons. The lowest BCUT2D eigenvalue weighted by atomic mass is 10.1. The van der Waals surface area contributed by atoms with Crippen LogP contribution >= 0.6 is 0 Å². The number of quaternary nitrogens is 1. The minimum atomic E-state index is -0.949. The molecule has 27 heavy (non-hydrogen) atoms. The van der Waals surface area contributed by atoms with Crippen LogP contribution in [0.4, 0.5) is 0 Å². The van der Waals surface area contributed by atoms with E-state index in [-0.39, 0.29) is 43.4 Å². The first-order valence-electron chi connectivity index (χ1n) is 9.97. The van der Waals surface area contributed by atoms with Gasteiger partial charge in [0, 0.05) is 6.42 Å². The van der Waals surface area contributed by atoms with E-state index in [1.807, 2.05) is 0 Å². The lowest BCUT2D eigenvalue weighted by molar-refractivity contribution is -0.927. The van der Waals surface area contributed by atoms with Crippen LogP contribution in [0, 0.1) is 0 Å². The highest BCUT2D eigenvalue weighted by Crippen LogP contribution is 2.15. The number of hydrogen-bond acceptors (Lipinski definition) is 3. The Morgan fingerprint density at radius 1 is 0.667 bits per heavy atom. The van der Waals surface area contributed by atoms with Crippen LogP contribution in [0.3, 0.4) is 0 Å². The van der Waals surface area contributed by atoms with Crippen molar-refractivity contribution in [2.75, 3.05) is 26.2 Å². The molecule has 0 aliphatic carbocycles. The van der Waals surface area contributed by atoms with Crippen LogP contribution in [0.25, 0.3) is 0 Å². The summed E-state index contributed by atoms with van der Waals surface area (Å²) < 4.78 is 0.231. The number of rotatable bonds is 18. The first-order chi connectivity index (χ1) is 12.8. The quantitative estimate of drug-likeness (QED) is 0.189. The molecule has 0 saturated heterocycles. The fourth-order valence-electron chi connectivity index (χ4n) is 3.14. The first kappa shape index (κ1) is 25.1. The standard InChI is InChI=1S/C20H35NO6/c1-2-3-4-5-6-7-8-9-10-14-21(15-11-18(22)23,16-12-19(24)25)17-13-20(26)27/h7-8H,2-6,9-17H2,1H3,(H2-,22,23,24,25,26,27)/p+1/b8-7+. The number of carbonyl (C=O) groups is 3. The molecule has 7 nitrogen and oxygen atoms in total. The summed E-state index contributed by atoms with van der Waals surface area (Å²) in [7, 11) is 0. The Morgan fingerprint density at radius 3 is 1.52 bits per heavy atom. The van der Waals surface area contributed by atoms with E-state index in [4.69, 9.17) is 15.3 Å². The molecule has 0 aromatic heterocycles. The third kappa shape index (κ3) is 14.9. The van der Waals surface area contributed by atoms with Crippen LogP contribution in [0.1, 0.15) is 71.1 Å². The second-order valence-electron chi connectivity index (χ2n) is 7.13. The van der Waals surface area contributed by atoms with Crippen LogP contribution in [0.5, 0.6) is 0 Å². The molecule has 0 aromatic rings. The Labute approximate surface area is 162 Å². The number of carboxylic acids is 3. The molecule has 0 fully saturated rings. The van der Waals surface area contributed by atoms with Gasteiger partial charge in [-0.15, -0.1) is 0 Å². The maximum atomic E-state index is 11.0. The molecule has 0 aliphatic rings.